The van der Waals surface area contributed by atoms with Gasteiger partial charge in [-0.2, -0.15) is 5.26 Å². The molecule has 0 N–H and O–H groups in total. The van der Waals surface area contributed by atoms with E-state index in [1.165, 1.54) is 5.56 Å². The Bertz CT molecular complexity index is 300. The molecule has 0 bridgehead atoms. The lowest BCUT2D eigenvalue weighted by Crippen LogP contribution is -2.22. The van der Waals surface area contributed by atoms with Crippen molar-refractivity contribution >= 4 is 0 Å². The molecule has 15 heavy (non-hydrogen) atoms. The van der Waals surface area contributed by atoms with Crippen LogP contribution in [-0.4, -0.2) is 25.0 Å². The average Bonchev–Trinajstić information content (AvgIpc) is 2.28. The Balaban J connectivity index is 2.17. The Hall–Kier alpha value is -1.33. The van der Waals surface area contributed by atoms with Crippen LogP contribution in [0.2, 0.25) is 0 Å². The SMILES string of the molecule is CN(CCCC#N)CCc1ccccc1. The summed E-state index contributed by atoms with van der Waals surface area (Å²) in [7, 11) is 2.11. The molecule has 0 saturated carbocycles. The van der Waals surface area contributed by atoms with E-state index >= 15 is 0 Å². The van der Waals surface area contributed by atoms with Crippen LogP contribution in [0.25, 0.3) is 0 Å². The van der Waals surface area contributed by atoms with Gasteiger partial charge in [-0.05, 0) is 32.0 Å². The van der Waals surface area contributed by atoms with E-state index in [0.29, 0.717) is 6.42 Å². The molecule has 0 radical (unpaired) electrons. The van der Waals surface area contributed by atoms with Gasteiger partial charge in [0.2, 0.25) is 0 Å². The maximum Gasteiger partial charge on any atom is 0.0622 e. The monoisotopic (exact) mass is 202 g/mol. The van der Waals surface area contributed by atoms with E-state index in [1.807, 2.05) is 6.07 Å². The van der Waals surface area contributed by atoms with Crippen molar-refractivity contribution in [1.82, 2.24) is 4.90 Å². The molecule has 0 unspecified atom stereocenters. The molecule has 0 amide bonds. The van der Waals surface area contributed by atoms with E-state index < -0.39 is 0 Å². The van der Waals surface area contributed by atoms with E-state index in [4.69, 9.17) is 5.26 Å². The van der Waals surface area contributed by atoms with Crippen LogP contribution in [-0.2, 0) is 6.42 Å². The fraction of sp³-hybridized carbons (Fsp3) is 0.462. The minimum atomic E-state index is 0.662. The Morgan fingerprint density at radius 1 is 1.20 bits per heavy atom. The Morgan fingerprint density at radius 2 is 1.93 bits per heavy atom. The largest absolute Gasteiger partial charge is 0.306 e. The fourth-order valence-electron chi connectivity index (χ4n) is 1.50. The molecule has 0 aliphatic rings. The summed E-state index contributed by atoms with van der Waals surface area (Å²) in [6.45, 7) is 2.08. The van der Waals surface area contributed by atoms with E-state index in [1.54, 1.807) is 0 Å². The first kappa shape index (κ1) is 11.7. The van der Waals surface area contributed by atoms with Crippen molar-refractivity contribution < 1.29 is 0 Å². The molecule has 0 heterocycles. The number of nitriles is 1. The second-order valence-electron chi connectivity index (χ2n) is 3.80. The van der Waals surface area contributed by atoms with Crippen LogP contribution in [0.5, 0.6) is 0 Å². The lowest BCUT2D eigenvalue weighted by molar-refractivity contribution is 0.335. The number of rotatable bonds is 6. The van der Waals surface area contributed by atoms with Crippen molar-refractivity contribution in [3.05, 3.63) is 35.9 Å². The lowest BCUT2D eigenvalue weighted by atomic mass is 10.1. The molecule has 0 atom stereocenters. The molecule has 0 spiro atoms. The summed E-state index contributed by atoms with van der Waals surface area (Å²) in [6, 6.07) is 12.7. The third-order valence-corrected chi connectivity index (χ3v) is 2.45. The van der Waals surface area contributed by atoms with Gasteiger partial charge in [0.1, 0.15) is 0 Å². The predicted molar refractivity (Wildman–Crippen MR) is 62.5 cm³/mol. The summed E-state index contributed by atoms with van der Waals surface area (Å²) in [5.74, 6) is 0. The first-order valence-corrected chi connectivity index (χ1v) is 5.42. The van der Waals surface area contributed by atoms with Gasteiger partial charge in [0.15, 0.2) is 0 Å². The van der Waals surface area contributed by atoms with Crippen LogP contribution in [0.15, 0.2) is 30.3 Å². The predicted octanol–water partition coefficient (Wildman–Crippen LogP) is 2.46. The average molecular weight is 202 g/mol. The summed E-state index contributed by atoms with van der Waals surface area (Å²) < 4.78 is 0. The highest BCUT2D eigenvalue weighted by Gasteiger charge is 1.98. The first-order valence-electron chi connectivity index (χ1n) is 5.42. The quantitative estimate of drug-likeness (QED) is 0.663. The topological polar surface area (TPSA) is 27.0 Å². The first-order chi connectivity index (χ1) is 7.33. The standard InChI is InChI=1S/C13H18N2/c1-15(11-6-5-10-14)12-9-13-7-3-2-4-8-13/h2-4,7-8H,5-6,9,11-12H2,1H3. The van der Waals surface area contributed by atoms with E-state index in [2.05, 4.69) is 42.3 Å². The van der Waals surface area contributed by atoms with Crippen molar-refractivity contribution in [2.24, 2.45) is 0 Å². The minimum Gasteiger partial charge on any atom is -0.306 e. The van der Waals surface area contributed by atoms with Gasteiger partial charge in [-0.15, -0.1) is 0 Å². The molecule has 0 aliphatic heterocycles. The van der Waals surface area contributed by atoms with Gasteiger partial charge in [0, 0.05) is 13.0 Å². The highest BCUT2D eigenvalue weighted by atomic mass is 15.1. The van der Waals surface area contributed by atoms with Gasteiger partial charge in [-0.1, -0.05) is 30.3 Å². The third kappa shape index (κ3) is 5.19. The highest BCUT2D eigenvalue weighted by Crippen LogP contribution is 2.01. The molecular formula is C13H18N2. The molecule has 1 aromatic rings. The number of unbranched alkanes of at least 4 members (excludes halogenated alkanes) is 1. The number of nitrogens with zero attached hydrogens (tertiary/aromatic N) is 2. The molecule has 1 aromatic carbocycles. The van der Waals surface area contributed by atoms with Crippen LogP contribution in [0.4, 0.5) is 0 Å². The molecule has 0 saturated heterocycles. The lowest BCUT2D eigenvalue weighted by Gasteiger charge is -2.15. The molecule has 0 aliphatic carbocycles. The van der Waals surface area contributed by atoms with Crippen LogP contribution in [0.3, 0.4) is 0 Å². The maximum atomic E-state index is 8.42. The fourth-order valence-corrected chi connectivity index (χ4v) is 1.50. The van der Waals surface area contributed by atoms with Crippen LogP contribution in [0.1, 0.15) is 18.4 Å². The summed E-state index contributed by atoms with van der Waals surface area (Å²) in [4.78, 5) is 2.28. The smallest absolute Gasteiger partial charge is 0.0622 e. The zero-order valence-corrected chi connectivity index (χ0v) is 9.32. The van der Waals surface area contributed by atoms with Crippen molar-refractivity contribution in [2.45, 2.75) is 19.3 Å². The summed E-state index contributed by atoms with van der Waals surface area (Å²) in [5, 5.41) is 8.42. The van der Waals surface area contributed by atoms with E-state index in [-0.39, 0.29) is 0 Å². The number of hydrogen-bond acceptors (Lipinski definition) is 2. The zero-order valence-electron chi connectivity index (χ0n) is 9.32. The second-order valence-corrected chi connectivity index (χ2v) is 3.80. The van der Waals surface area contributed by atoms with Gasteiger partial charge in [-0.3, -0.25) is 0 Å². The third-order valence-electron chi connectivity index (χ3n) is 2.45. The molecule has 2 nitrogen and oxygen atoms in total. The van der Waals surface area contributed by atoms with Crippen LogP contribution < -0.4 is 0 Å². The molecule has 1 rings (SSSR count). The Kier molecular flexibility index (Phi) is 5.50. The summed E-state index contributed by atoms with van der Waals surface area (Å²) in [5.41, 5.74) is 1.38. The molecule has 0 fully saturated rings. The number of likely N-dealkylation sites (N-methyl/N-ethyl adjacent to an activating group) is 1. The summed E-state index contributed by atoms with van der Waals surface area (Å²) in [6.07, 6.45) is 2.72. The summed E-state index contributed by atoms with van der Waals surface area (Å²) >= 11 is 0. The normalized spacial score (nSPS) is 10.2. The van der Waals surface area contributed by atoms with Crippen molar-refractivity contribution in [1.29, 1.82) is 5.26 Å². The van der Waals surface area contributed by atoms with Gasteiger partial charge < -0.3 is 4.90 Å². The molecular weight excluding hydrogens is 184 g/mol. The van der Waals surface area contributed by atoms with Crippen LogP contribution in [0, 0.1) is 11.3 Å². The zero-order chi connectivity index (χ0) is 10.9. The Labute approximate surface area is 92.1 Å². The van der Waals surface area contributed by atoms with Crippen molar-refractivity contribution in [2.75, 3.05) is 20.1 Å². The minimum absolute atomic E-state index is 0.662. The van der Waals surface area contributed by atoms with Crippen molar-refractivity contribution in [3.8, 4) is 6.07 Å². The number of hydrogen-bond donors (Lipinski definition) is 0. The van der Waals surface area contributed by atoms with Gasteiger partial charge in [0.25, 0.3) is 0 Å². The van der Waals surface area contributed by atoms with E-state index in [9.17, 15) is 0 Å². The van der Waals surface area contributed by atoms with E-state index in [0.717, 1.165) is 25.9 Å². The van der Waals surface area contributed by atoms with Gasteiger partial charge in [0.05, 0.1) is 6.07 Å². The second kappa shape index (κ2) is 7.03. The van der Waals surface area contributed by atoms with Gasteiger partial charge in [-0.25, -0.2) is 0 Å². The van der Waals surface area contributed by atoms with Gasteiger partial charge >= 0.3 is 0 Å². The van der Waals surface area contributed by atoms with Crippen LogP contribution >= 0.6 is 0 Å². The van der Waals surface area contributed by atoms with Crippen molar-refractivity contribution in [3.63, 3.8) is 0 Å². The Morgan fingerprint density at radius 3 is 2.60 bits per heavy atom. The number of benzene rings is 1. The maximum absolute atomic E-state index is 8.42. The molecule has 0 aromatic heterocycles. The highest BCUT2D eigenvalue weighted by molar-refractivity contribution is 5.14. The molecule has 2 heteroatoms. The molecule has 80 valence electrons.